The van der Waals surface area contributed by atoms with E-state index in [9.17, 15) is 13.2 Å². The van der Waals surface area contributed by atoms with Crippen LogP contribution in [0.15, 0.2) is 53.4 Å². The van der Waals surface area contributed by atoms with Gasteiger partial charge in [-0.2, -0.15) is 0 Å². The summed E-state index contributed by atoms with van der Waals surface area (Å²) in [5.74, 6) is -0.156. The Hall–Kier alpha value is -2.09. The van der Waals surface area contributed by atoms with E-state index in [2.05, 4.69) is 15.1 Å². The van der Waals surface area contributed by atoms with Crippen LogP contribution in [0.4, 0.5) is 11.4 Å². The lowest BCUT2D eigenvalue weighted by Crippen LogP contribution is -2.48. The van der Waals surface area contributed by atoms with Crippen LogP contribution in [-0.4, -0.2) is 58.2 Å². The molecule has 6 nitrogen and oxygen atoms in total. The first-order chi connectivity index (χ1) is 12.8. The fourth-order valence-electron chi connectivity index (χ4n) is 3.05. The second-order valence-corrected chi connectivity index (χ2v) is 9.04. The van der Waals surface area contributed by atoms with Crippen LogP contribution in [0.3, 0.4) is 0 Å². The molecule has 3 rings (SSSR count). The van der Waals surface area contributed by atoms with Crippen molar-refractivity contribution in [2.75, 3.05) is 49.2 Å². The van der Waals surface area contributed by atoms with Crippen LogP contribution in [0.5, 0.6) is 0 Å². The molecule has 0 spiro atoms. The van der Waals surface area contributed by atoms with Crippen molar-refractivity contribution >= 4 is 38.7 Å². The molecule has 0 atom stereocenters. The number of piperazine rings is 1. The van der Waals surface area contributed by atoms with Crippen LogP contribution in [0.2, 0.25) is 5.02 Å². The Morgan fingerprint density at radius 2 is 1.78 bits per heavy atom. The Kier molecular flexibility index (Phi) is 6.04. The van der Waals surface area contributed by atoms with Gasteiger partial charge in [-0.25, -0.2) is 8.42 Å². The minimum atomic E-state index is -3.30. The molecule has 1 saturated heterocycles. The molecule has 2 aromatic carbocycles. The number of halogens is 1. The number of nitrogens with zero attached hydrogens (tertiary/aromatic N) is 2. The molecule has 27 heavy (non-hydrogen) atoms. The molecule has 0 aromatic heterocycles. The molecule has 2 aromatic rings. The maximum atomic E-state index is 12.3. The SMILES string of the molecule is CS(=O)(=O)c1cccc(NC(=O)CN2CCN(c3cccc(Cl)c3)CC2)c1. The molecule has 0 aliphatic carbocycles. The van der Waals surface area contributed by atoms with Gasteiger partial charge in [-0.3, -0.25) is 9.69 Å². The van der Waals surface area contributed by atoms with Crippen LogP contribution in [-0.2, 0) is 14.6 Å². The number of sulfone groups is 1. The highest BCUT2D eigenvalue weighted by Gasteiger charge is 2.19. The minimum Gasteiger partial charge on any atom is -0.369 e. The zero-order valence-corrected chi connectivity index (χ0v) is 16.6. The van der Waals surface area contributed by atoms with Gasteiger partial charge in [0.2, 0.25) is 5.91 Å². The summed E-state index contributed by atoms with van der Waals surface area (Å²) in [7, 11) is -3.30. The summed E-state index contributed by atoms with van der Waals surface area (Å²) in [6, 6.07) is 14.1. The molecule has 1 amide bonds. The molecule has 1 heterocycles. The third kappa shape index (κ3) is 5.45. The van der Waals surface area contributed by atoms with Gasteiger partial charge in [-0.1, -0.05) is 23.7 Å². The van der Waals surface area contributed by atoms with E-state index in [-0.39, 0.29) is 17.3 Å². The largest absolute Gasteiger partial charge is 0.369 e. The summed E-state index contributed by atoms with van der Waals surface area (Å²) < 4.78 is 23.2. The average Bonchev–Trinajstić information content (AvgIpc) is 2.62. The number of carbonyl (C=O) groups excluding carboxylic acids is 1. The van der Waals surface area contributed by atoms with Crippen LogP contribution >= 0.6 is 11.6 Å². The lowest BCUT2D eigenvalue weighted by molar-refractivity contribution is -0.117. The lowest BCUT2D eigenvalue weighted by Gasteiger charge is -2.35. The molecule has 0 saturated carbocycles. The normalized spacial score (nSPS) is 15.6. The number of anilines is 2. The number of rotatable bonds is 5. The van der Waals surface area contributed by atoms with Gasteiger partial charge < -0.3 is 10.2 Å². The molecule has 0 radical (unpaired) electrons. The van der Waals surface area contributed by atoms with Crippen molar-refractivity contribution < 1.29 is 13.2 Å². The van der Waals surface area contributed by atoms with Crippen molar-refractivity contribution in [3.05, 3.63) is 53.6 Å². The van der Waals surface area contributed by atoms with Crippen LogP contribution < -0.4 is 10.2 Å². The molecule has 1 aliphatic heterocycles. The second kappa shape index (κ2) is 8.29. The fourth-order valence-corrected chi connectivity index (χ4v) is 3.90. The topological polar surface area (TPSA) is 69.7 Å². The molecular formula is C19H22ClN3O3S. The maximum Gasteiger partial charge on any atom is 0.238 e. The number of amides is 1. The van der Waals surface area contributed by atoms with Gasteiger partial charge in [0.1, 0.15) is 0 Å². The quantitative estimate of drug-likeness (QED) is 0.824. The van der Waals surface area contributed by atoms with E-state index < -0.39 is 9.84 Å². The van der Waals surface area contributed by atoms with Crippen LogP contribution in [0.25, 0.3) is 0 Å². The van der Waals surface area contributed by atoms with E-state index in [1.54, 1.807) is 12.1 Å². The van der Waals surface area contributed by atoms with Crippen molar-refractivity contribution in [2.45, 2.75) is 4.90 Å². The first kappa shape index (κ1) is 19.7. The van der Waals surface area contributed by atoms with Crippen LogP contribution in [0, 0.1) is 0 Å². The minimum absolute atomic E-state index is 0.156. The van der Waals surface area contributed by atoms with Gasteiger partial charge >= 0.3 is 0 Å². The predicted octanol–water partition coefficient (Wildman–Crippen LogP) is 2.50. The first-order valence-corrected chi connectivity index (χ1v) is 10.9. The molecule has 8 heteroatoms. The van der Waals surface area contributed by atoms with Gasteiger partial charge in [-0.05, 0) is 36.4 Å². The Bertz CT molecular complexity index is 925. The Morgan fingerprint density at radius 1 is 1.07 bits per heavy atom. The number of nitrogens with one attached hydrogen (secondary N) is 1. The summed E-state index contributed by atoms with van der Waals surface area (Å²) >= 11 is 6.05. The predicted molar refractivity (Wildman–Crippen MR) is 108 cm³/mol. The van der Waals surface area contributed by atoms with Crippen molar-refractivity contribution in [1.82, 2.24) is 4.90 Å². The standard InChI is InChI=1S/C19H22ClN3O3S/c1-27(25,26)18-7-3-5-16(13-18)21-19(24)14-22-8-10-23(11-9-22)17-6-2-4-15(20)12-17/h2-7,12-13H,8-11,14H2,1H3,(H,21,24). The highest BCUT2D eigenvalue weighted by molar-refractivity contribution is 7.90. The first-order valence-electron chi connectivity index (χ1n) is 8.64. The molecule has 1 N–H and O–H groups in total. The monoisotopic (exact) mass is 407 g/mol. The van der Waals surface area contributed by atoms with Gasteiger partial charge in [0.05, 0.1) is 11.4 Å². The van der Waals surface area contributed by atoms with E-state index in [0.717, 1.165) is 38.1 Å². The Balaban J connectivity index is 1.53. The summed E-state index contributed by atoms with van der Waals surface area (Å²) in [4.78, 5) is 16.8. The third-order valence-corrected chi connectivity index (χ3v) is 5.80. The maximum absolute atomic E-state index is 12.3. The summed E-state index contributed by atoms with van der Waals surface area (Å²) in [6.07, 6.45) is 1.15. The second-order valence-electron chi connectivity index (χ2n) is 6.59. The summed E-state index contributed by atoms with van der Waals surface area (Å²) in [5.41, 5.74) is 1.57. The van der Waals surface area contributed by atoms with Gasteiger partial charge in [0.25, 0.3) is 0 Å². The zero-order chi connectivity index (χ0) is 19.4. The Labute approximate surface area is 164 Å². The molecule has 0 bridgehead atoms. The van der Waals surface area contributed by atoms with E-state index in [1.165, 1.54) is 12.1 Å². The molecule has 0 unspecified atom stereocenters. The molecular weight excluding hydrogens is 386 g/mol. The van der Waals surface area contributed by atoms with Gasteiger partial charge in [-0.15, -0.1) is 0 Å². The molecule has 144 valence electrons. The van der Waals surface area contributed by atoms with Crippen molar-refractivity contribution in [2.24, 2.45) is 0 Å². The van der Waals surface area contributed by atoms with E-state index in [0.29, 0.717) is 10.7 Å². The highest BCUT2D eigenvalue weighted by atomic mass is 35.5. The average molecular weight is 408 g/mol. The Morgan fingerprint density at radius 3 is 2.44 bits per heavy atom. The highest BCUT2D eigenvalue weighted by Crippen LogP contribution is 2.21. The molecule has 1 fully saturated rings. The van der Waals surface area contributed by atoms with E-state index >= 15 is 0 Å². The van der Waals surface area contributed by atoms with Crippen molar-refractivity contribution in [3.63, 3.8) is 0 Å². The van der Waals surface area contributed by atoms with E-state index in [1.807, 2.05) is 24.3 Å². The van der Waals surface area contributed by atoms with Crippen molar-refractivity contribution in [3.8, 4) is 0 Å². The van der Waals surface area contributed by atoms with E-state index in [4.69, 9.17) is 11.6 Å². The lowest BCUT2D eigenvalue weighted by atomic mass is 10.2. The zero-order valence-electron chi connectivity index (χ0n) is 15.1. The van der Waals surface area contributed by atoms with Crippen LogP contribution in [0.1, 0.15) is 0 Å². The van der Waals surface area contributed by atoms with Gasteiger partial charge in [0, 0.05) is 48.8 Å². The van der Waals surface area contributed by atoms with Gasteiger partial charge in [0.15, 0.2) is 9.84 Å². The summed E-state index contributed by atoms with van der Waals surface area (Å²) in [5, 5.41) is 3.49. The fraction of sp³-hybridized carbons (Fsp3) is 0.316. The molecule has 1 aliphatic rings. The number of carbonyl (C=O) groups is 1. The van der Waals surface area contributed by atoms with Crippen molar-refractivity contribution in [1.29, 1.82) is 0 Å². The number of benzene rings is 2. The number of hydrogen-bond acceptors (Lipinski definition) is 5. The third-order valence-electron chi connectivity index (χ3n) is 4.46. The summed E-state index contributed by atoms with van der Waals surface area (Å²) in [6.45, 7) is 3.44. The smallest absolute Gasteiger partial charge is 0.238 e. The number of hydrogen-bond donors (Lipinski definition) is 1.